The van der Waals surface area contributed by atoms with Crippen molar-refractivity contribution >= 4 is 11.9 Å². The van der Waals surface area contributed by atoms with Crippen molar-refractivity contribution < 1.29 is 14.3 Å². The molecule has 1 rings (SSSR count). The lowest BCUT2D eigenvalue weighted by Gasteiger charge is -2.17. The number of hydrogen-bond donors (Lipinski definition) is 1. The van der Waals surface area contributed by atoms with Crippen molar-refractivity contribution in [1.29, 1.82) is 0 Å². The fraction of sp³-hybridized carbons (Fsp3) is 0.385. The lowest BCUT2D eigenvalue weighted by molar-refractivity contribution is -0.143. The van der Waals surface area contributed by atoms with Gasteiger partial charge in [0.25, 0.3) is 0 Å². The number of carbonyl (C=O) groups is 2. The maximum atomic E-state index is 11.4. The highest BCUT2D eigenvalue weighted by Crippen LogP contribution is 2.16. The molecule has 1 amide bonds. The van der Waals surface area contributed by atoms with Crippen molar-refractivity contribution in [3.8, 4) is 0 Å². The second-order valence-electron chi connectivity index (χ2n) is 3.67. The highest BCUT2D eigenvalue weighted by Gasteiger charge is 2.17. The molecule has 0 saturated heterocycles. The molecule has 17 heavy (non-hydrogen) atoms. The van der Waals surface area contributed by atoms with Gasteiger partial charge in [-0.15, -0.1) is 0 Å². The summed E-state index contributed by atoms with van der Waals surface area (Å²) in [5.41, 5.74) is 0.899. The molecule has 1 aromatic rings. The van der Waals surface area contributed by atoms with Crippen LogP contribution < -0.4 is 5.32 Å². The van der Waals surface area contributed by atoms with E-state index in [-0.39, 0.29) is 24.3 Å². The average Bonchev–Trinajstić information content (AvgIpc) is 2.29. The van der Waals surface area contributed by atoms with Gasteiger partial charge in [-0.3, -0.25) is 9.59 Å². The SMILES string of the molecule is CCOC(=O)C[C@@H](NC(C)=O)c1ccccc1. The summed E-state index contributed by atoms with van der Waals surface area (Å²) in [6.45, 7) is 3.54. The molecule has 0 radical (unpaired) electrons. The van der Waals surface area contributed by atoms with E-state index in [1.807, 2.05) is 30.3 Å². The number of carbonyl (C=O) groups excluding carboxylic acids is 2. The zero-order valence-electron chi connectivity index (χ0n) is 10.1. The zero-order chi connectivity index (χ0) is 12.7. The normalized spacial score (nSPS) is 11.6. The fourth-order valence-corrected chi connectivity index (χ4v) is 1.57. The molecule has 0 aliphatic heterocycles. The van der Waals surface area contributed by atoms with Crippen molar-refractivity contribution in [3.63, 3.8) is 0 Å². The minimum atomic E-state index is -0.326. The maximum absolute atomic E-state index is 11.4. The summed E-state index contributed by atoms with van der Waals surface area (Å²) in [6.07, 6.45) is 0.150. The molecule has 92 valence electrons. The minimum absolute atomic E-state index is 0.150. The van der Waals surface area contributed by atoms with Crippen molar-refractivity contribution in [1.82, 2.24) is 5.32 Å². The first kappa shape index (κ1) is 13.2. The maximum Gasteiger partial charge on any atom is 0.308 e. The molecule has 0 fully saturated rings. The van der Waals surface area contributed by atoms with Crippen molar-refractivity contribution in [2.75, 3.05) is 6.61 Å². The first-order chi connectivity index (χ1) is 8.13. The monoisotopic (exact) mass is 235 g/mol. The third-order valence-electron chi connectivity index (χ3n) is 2.26. The van der Waals surface area contributed by atoms with Crippen molar-refractivity contribution in [3.05, 3.63) is 35.9 Å². The number of nitrogens with one attached hydrogen (secondary N) is 1. The molecular weight excluding hydrogens is 218 g/mol. The van der Waals surface area contributed by atoms with Crippen LogP contribution in [0.15, 0.2) is 30.3 Å². The predicted molar refractivity (Wildman–Crippen MR) is 64.2 cm³/mol. The van der Waals surface area contributed by atoms with Gasteiger partial charge in [-0.2, -0.15) is 0 Å². The third kappa shape index (κ3) is 4.68. The Morgan fingerprint density at radius 3 is 2.47 bits per heavy atom. The Morgan fingerprint density at radius 2 is 1.94 bits per heavy atom. The molecule has 0 spiro atoms. The topological polar surface area (TPSA) is 55.4 Å². The number of hydrogen-bond acceptors (Lipinski definition) is 3. The molecule has 4 nitrogen and oxygen atoms in total. The van der Waals surface area contributed by atoms with E-state index >= 15 is 0 Å². The van der Waals surface area contributed by atoms with E-state index in [1.165, 1.54) is 6.92 Å². The van der Waals surface area contributed by atoms with Crippen molar-refractivity contribution in [2.45, 2.75) is 26.3 Å². The molecule has 0 aromatic heterocycles. The summed E-state index contributed by atoms with van der Waals surface area (Å²) < 4.78 is 4.89. The van der Waals surface area contributed by atoms with Gasteiger partial charge in [0.05, 0.1) is 19.1 Å². The quantitative estimate of drug-likeness (QED) is 0.792. The van der Waals surface area contributed by atoms with Crippen LogP contribution in [0.4, 0.5) is 0 Å². The van der Waals surface area contributed by atoms with E-state index < -0.39 is 0 Å². The molecule has 0 unspecified atom stereocenters. The van der Waals surface area contributed by atoms with E-state index in [9.17, 15) is 9.59 Å². The van der Waals surface area contributed by atoms with Gasteiger partial charge >= 0.3 is 5.97 Å². The Hall–Kier alpha value is -1.84. The van der Waals surface area contributed by atoms with E-state index in [4.69, 9.17) is 4.74 Å². The van der Waals surface area contributed by atoms with E-state index in [0.29, 0.717) is 6.61 Å². The van der Waals surface area contributed by atoms with Gasteiger partial charge in [0.2, 0.25) is 5.91 Å². The van der Waals surface area contributed by atoms with Crippen LogP contribution in [-0.4, -0.2) is 18.5 Å². The molecule has 0 bridgehead atoms. The second kappa shape index (κ2) is 6.68. The van der Waals surface area contributed by atoms with Crippen LogP contribution in [0.5, 0.6) is 0 Å². The fourth-order valence-electron chi connectivity index (χ4n) is 1.57. The Balaban J connectivity index is 2.74. The average molecular weight is 235 g/mol. The van der Waals surface area contributed by atoms with Crippen LogP contribution in [0, 0.1) is 0 Å². The van der Waals surface area contributed by atoms with E-state index in [2.05, 4.69) is 5.32 Å². The molecule has 1 N–H and O–H groups in total. The molecule has 0 heterocycles. The van der Waals surface area contributed by atoms with Gasteiger partial charge in [0, 0.05) is 6.92 Å². The molecule has 4 heteroatoms. The van der Waals surface area contributed by atoms with Gasteiger partial charge < -0.3 is 10.1 Å². The molecular formula is C13H17NO3. The predicted octanol–water partition coefficient (Wildman–Crippen LogP) is 1.82. The van der Waals surface area contributed by atoms with Crippen LogP contribution in [0.3, 0.4) is 0 Å². The van der Waals surface area contributed by atoms with Gasteiger partial charge in [-0.25, -0.2) is 0 Å². The molecule has 1 aromatic carbocycles. The smallest absolute Gasteiger partial charge is 0.308 e. The Kier molecular flexibility index (Phi) is 5.20. The zero-order valence-corrected chi connectivity index (χ0v) is 10.1. The van der Waals surface area contributed by atoms with Crippen LogP contribution >= 0.6 is 0 Å². The Bertz CT molecular complexity index is 376. The number of amides is 1. The van der Waals surface area contributed by atoms with Gasteiger partial charge in [0.1, 0.15) is 0 Å². The molecule has 0 aliphatic rings. The third-order valence-corrected chi connectivity index (χ3v) is 2.26. The number of benzene rings is 1. The number of ether oxygens (including phenoxy) is 1. The Labute approximate surface area is 101 Å². The summed E-state index contributed by atoms with van der Waals surface area (Å²) in [6, 6.07) is 9.05. The second-order valence-corrected chi connectivity index (χ2v) is 3.67. The van der Waals surface area contributed by atoms with Crippen LogP contribution in [0.25, 0.3) is 0 Å². The first-order valence-electron chi connectivity index (χ1n) is 5.61. The highest BCUT2D eigenvalue weighted by molar-refractivity contribution is 5.76. The van der Waals surface area contributed by atoms with Gasteiger partial charge in [0.15, 0.2) is 0 Å². The summed E-state index contributed by atoms with van der Waals surface area (Å²) in [5.74, 6) is -0.474. The molecule has 1 atom stereocenters. The van der Waals surface area contributed by atoms with E-state index in [1.54, 1.807) is 6.92 Å². The number of rotatable bonds is 5. The number of esters is 1. The van der Waals surface area contributed by atoms with Crippen LogP contribution in [-0.2, 0) is 14.3 Å². The van der Waals surface area contributed by atoms with Crippen LogP contribution in [0.1, 0.15) is 31.9 Å². The largest absolute Gasteiger partial charge is 0.466 e. The highest BCUT2D eigenvalue weighted by atomic mass is 16.5. The molecule has 0 saturated carbocycles. The summed E-state index contributed by atoms with van der Waals surface area (Å²) in [4.78, 5) is 22.5. The lowest BCUT2D eigenvalue weighted by atomic mass is 10.0. The van der Waals surface area contributed by atoms with Crippen molar-refractivity contribution in [2.24, 2.45) is 0 Å². The standard InChI is InChI=1S/C13H17NO3/c1-3-17-13(16)9-12(14-10(2)15)11-7-5-4-6-8-11/h4-8,12H,3,9H2,1-2H3,(H,14,15)/t12-/m1/s1. The lowest BCUT2D eigenvalue weighted by Crippen LogP contribution is -2.28. The minimum Gasteiger partial charge on any atom is -0.466 e. The Morgan fingerprint density at radius 1 is 1.29 bits per heavy atom. The summed E-state index contributed by atoms with van der Waals surface area (Å²) >= 11 is 0. The van der Waals surface area contributed by atoms with Gasteiger partial charge in [-0.1, -0.05) is 30.3 Å². The van der Waals surface area contributed by atoms with Crippen LogP contribution in [0.2, 0.25) is 0 Å². The molecule has 0 aliphatic carbocycles. The first-order valence-corrected chi connectivity index (χ1v) is 5.61. The summed E-state index contributed by atoms with van der Waals surface area (Å²) in [7, 11) is 0. The summed E-state index contributed by atoms with van der Waals surface area (Å²) in [5, 5.41) is 2.75. The van der Waals surface area contributed by atoms with E-state index in [0.717, 1.165) is 5.56 Å². The van der Waals surface area contributed by atoms with Gasteiger partial charge in [-0.05, 0) is 12.5 Å².